The second-order valence-electron chi connectivity index (χ2n) is 4.17. The van der Waals surface area contributed by atoms with Crippen molar-refractivity contribution < 1.29 is 4.74 Å². The lowest BCUT2D eigenvalue weighted by molar-refractivity contribution is 0.410. The molecule has 0 radical (unpaired) electrons. The molecule has 0 saturated carbocycles. The van der Waals surface area contributed by atoms with Crippen molar-refractivity contribution in [1.29, 1.82) is 0 Å². The minimum atomic E-state index is 0.523. The lowest BCUT2D eigenvalue weighted by Crippen LogP contribution is -2.07. The Bertz CT molecular complexity index is 740. The van der Waals surface area contributed by atoms with Crippen molar-refractivity contribution in [2.24, 2.45) is 0 Å². The van der Waals surface area contributed by atoms with Gasteiger partial charge in [-0.3, -0.25) is 4.98 Å². The molecule has 8 nitrogen and oxygen atoms in total. The van der Waals surface area contributed by atoms with E-state index in [2.05, 4.69) is 25.8 Å². The van der Waals surface area contributed by atoms with Gasteiger partial charge in [-0.25, -0.2) is 0 Å². The fraction of sp³-hybridized carbons (Fsp3) is 0.167. The summed E-state index contributed by atoms with van der Waals surface area (Å²) < 4.78 is 6.88. The van der Waals surface area contributed by atoms with Crippen LogP contribution in [0, 0.1) is 0 Å². The smallest absolute Gasteiger partial charge is 0.199 e. The zero-order chi connectivity index (χ0) is 13.9. The van der Waals surface area contributed by atoms with Gasteiger partial charge in [-0.05, 0) is 28.6 Å². The zero-order valence-electron chi connectivity index (χ0n) is 10.8. The highest BCUT2D eigenvalue weighted by Crippen LogP contribution is 2.22. The number of fused-ring (bicyclic) bond motifs is 1. The highest BCUT2D eigenvalue weighted by Gasteiger charge is 2.06. The number of hydrogen-bond donors (Lipinski definition) is 2. The fourth-order valence-corrected chi connectivity index (χ4v) is 1.92. The number of nitrogens with zero attached hydrogens (tertiary/aromatic N) is 5. The minimum Gasteiger partial charge on any atom is -0.496 e. The molecule has 2 heterocycles. The molecule has 0 unspecified atom stereocenters. The van der Waals surface area contributed by atoms with E-state index in [1.807, 2.05) is 12.1 Å². The maximum atomic E-state index is 5.79. The summed E-state index contributed by atoms with van der Waals surface area (Å²) >= 11 is 0. The topological polar surface area (TPSA) is 103 Å². The van der Waals surface area contributed by atoms with Crippen LogP contribution in [0.5, 0.6) is 5.75 Å². The van der Waals surface area contributed by atoms with Crippen LogP contribution in [0.3, 0.4) is 0 Å². The van der Waals surface area contributed by atoms with Crippen LogP contribution in [0.15, 0.2) is 30.6 Å². The summed E-state index contributed by atoms with van der Waals surface area (Å²) in [5.41, 5.74) is 7.99. The SMILES string of the molecule is COc1ccc(N)cc1CNc1cncc2nnnn12. The molecule has 0 spiro atoms. The van der Waals surface area contributed by atoms with Gasteiger partial charge in [0.2, 0.25) is 0 Å². The predicted octanol–water partition coefficient (Wildman–Crippen LogP) is 0.722. The third kappa shape index (κ3) is 2.18. The molecule has 0 saturated heterocycles. The number of nitrogen functional groups attached to an aromatic ring is 1. The number of anilines is 2. The van der Waals surface area contributed by atoms with E-state index in [4.69, 9.17) is 10.5 Å². The van der Waals surface area contributed by atoms with Gasteiger partial charge in [0.25, 0.3) is 0 Å². The highest BCUT2D eigenvalue weighted by molar-refractivity contribution is 5.50. The molecule has 1 aromatic carbocycles. The number of ether oxygens (including phenoxy) is 1. The van der Waals surface area contributed by atoms with Crippen LogP contribution in [0.4, 0.5) is 11.5 Å². The minimum absolute atomic E-state index is 0.523. The molecule has 2 aromatic heterocycles. The van der Waals surface area contributed by atoms with E-state index in [1.54, 1.807) is 30.1 Å². The summed E-state index contributed by atoms with van der Waals surface area (Å²) in [4.78, 5) is 4.08. The average molecular weight is 271 g/mol. The maximum absolute atomic E-state index is 5.79. The van der Waals surface area contributed by atoms with Crippen molar-refractivity contribution in [3.63, 3.8) is 0 Å². The van der Waals surface area contributed by atoms with E-state index in [9.17, 15) is 0 Å². The third-order valence-electron chi connectivity index (χ3n) is 2.87. The van der Waals surface area contributed by atoms with E-state index >= 15 is 0 Å². The Labute approximate surface area is 114 Å². The van der Waals surface area contributed by atoms with Crippen molar-refractivity contribution in [1.82, 2.24) is 25.0 Å². The number of nitrogens with one attached hydrogen (secondary N) is 1. The Morgan fingerprint density at radius 3 is 3.10 bits per heavy atom. The molecule has 0 aliphatic rings. The number of tetrazole rings is 1. The van der Waals surface area contributed by atoms with Crippen molar-refractivity contribution >= 4 is 17.2 Å². The van der Waals surface area contributed by atoms with Gasteiger partial charge in [-0.2, -0.15) is 4.52 Å². The molecule has 3 N–H and O–H groups in total. The monoisotopic (exact) mass is 271 g/mol. The van der Waals surface area contributed by atoms with E-state index in [-0.39, 0.29) is 0 Å². The highest BCUT2D eigenvalue weighted by atomic mass is 16.5. The first-order valence-electron chi connectivity index (χ1n) is 5.96. The van der Waals surface area contributed by atoms with E-state index in [0.717, 1.165) is 11.3 Å². The van der Waals surface area contributed by atoms with Crippen LogP contribution in [-0.4, -0.2) is 32.1 Å². The molecule has 0 aliphatic heterocycles. The predicted molar refractivity (Wildman–Crippen MR) is 73.3 cm³/mol. The average Bonchev–Trinajstić information content (AvgIpc) is 2.94. The van der Waals surface area contributed by atoms with Crippen LogP contribution in [0.25, 0.3) is 5.65 Å². The summed E-state index contributed by atoms with van der Waals surface area (Å²) in [6.45, 7) is 0.523. The maximum Gasteiger partial charge on any atom is 0.199 e. The summed E-state index contributed by atoms with van der Waals surface area (Å²) in [6.07, 6.45) is 3.24. The summed E-state index contributed by atoms with van der Waals surface area (Å²) in [7, 11) is 1.62. The van der Waals surface area contributed by atoms with Crippen molar-refractivity contribution in [3.8, 4) is 5.75 Å². The van der Waals surface area contributed by atoms with Gasteiger partial charge in [0.15, 0.2) is 11.5 Å². The number of methoxy groups -OCH3 is 1. The standard InChI is InChI=1S/C12H13N7O/c1-20-10-3-2-9(13)4-8(10)5-15-11-6-14-7-12-16-17-18-19(11)12/h2-4,6-7,15H,5,13H2,1H3. The number of aromatic nitrogens is 5. The first kappa shape index (κ1) is 12.2. The molecule has 0 fully saturated rings. The number of nitrogens with two attached hydrogens (primary N) is 1. The Balaban J connectivity index is 1.86. The van der Waals surface area contributed by atoms with E-state index < -0.39 is 0 Å². The quantitative estimate of drug-likeness (QED) is 0.674. The normalized spacial score (nSPS) is 10.7. The van der Waals surface area contributed by atoms with Crippen LogP contribution in [-0.2, 0) is 6.54 Å². The van der Waals surface area contributed by atoms with E-state index in [0.29, 0.717) is 23.7 Å². The van der Waals surface area contributed by atoms with Gasteiger partial charge in [-0.15, -0.1) is 5.10 Å². The van der Waals surface area contributed by atoms with Gasteiger partial charge in [-0.1, -0.05) is 0 Å². The van der Waals surface area contributed by atoms with Crippen LogP contribution in [0.2, 0.25) is 0 Å². The third-order valence-corrected chi connectivity index (χ3v) is 2.87. The molecule has 0 bridgehead atoms. The van der Waals surface area contributed by atoms with Gasteiger partial charge in [0.05, 0.1) is 19.5 Å². The Hall–Kier alpha value is -2.90. The molecule has 0 atom stereocenters. The zero-order valence-corrected chi connectivity index (χ0v) is 10.8. The van der Waals surface area contributed by atoms with Gasteiger partial charge >= 0.3 is 0 Å². The summed E-state index contributed by atoms with van der Waals surface area (Å²) in [5.74, 6) is 1.46. The Morgan fingerprint density at radius 1 is 1.35 bits per heavy atom. The molecule has 0 amide bonds. The van der Waals surface area contributed by atoms with Crippen molar-refractivity contribution in [2.75, 3.05) is 18.2 Å². The molecular formula is C12H13N7O. The van der Waals surface area contributed by atoms with Gasteiger partial charge in [0.1, 0.15) is 5.75 Å². The molecule has 20 heavy (non-hydrogen) atoms. The fourth-order valence-electron chi connectivity index (χ4n) is 1.92. The van der Waals surface area contributed by atoms with Crippen LogP contribution >= 0.6 is 0 Å². The van der Waals surface area contributed by atoms with Crippen molar-refractivity contribution in [3.05, 3.63) is 36.2 Å². The molecular weight excluding hydrogens is 258 g/mol. The van der Waals surface area contributed by atoms with Crippen LogP contribution < -0.4 is 15.8 Å². The molecule has 8 heteroatoms. The lowest BCUT2D eigenvalue weighted by Gasteiger charge is -2.11. The summed E-state index contributed by atoms with van der Waals surface area (Å²) in [5, 5.41) is 14.5. The molecule has 3 rings (SSSR count). The Kier molecular flexibility index (Phi) is 3.04. The number of hydrogen-bond acceptors (Lipinski definition) is 7. The Morgan fingerprint density at radius 2 is 2.25 bits per heavy atom. The second-order valence-corrected chi connectivity index (χ2v) is 4.17. The first-order valence-corrected chi connectivity index (χ1v) is 5.96. The lowest BCUT2D eigenvalue weighted by atomic mass is 10.2. The molecule has 102 valence electrons. The van der Waals surface area contributed by atoms with Crippen molar-refractivity contribution in [2.45, 2.75) is 6.54 Å². The van der Waals surface area contributed by atoms with Gasteiger partial charge in [0, 0.05) is 17.8 Å². The van der Waals surface area contributed by atoms with Crippen LogP contribution in [0.1, 0.15) is 5.56 Å². The molecule has 0 aliphatic carbocycles. The molecule has 3 aromatic rings. The number of rotatable bonds is 4. The largest absolute Gasteiger partial charge is 0.496 e. The summed E-state index contributed by atoms with van der Waals surface area (Å²) in [6, 6.07) is 5.49. The second kappa shape index (κ2) is 5.00. The first-order chi connectivity index (χ1) is 9.78. The number of benzene rings is 1. The van der Waals surface area contributed by atoms with E-state index in [1.165, 1.54) is 0 Å². The van der Waals surface area contributed by atoms with Gasteiger partial charge < -0.3 is 15.8 Å².